The van der Waals surface area contributed by atoms with Crippen LogP contribution < -0.4 is 10.2 Å². The maximum atomic E-state index is 11.9. The summed E-state index contributed by atoms with van der Waals surface area (Å²) in [5.74, 6) is -0.435. The van der Waals surface area contributed by atoms with Crippen LogP contribution >= 0.6 is 0 Å². The van der Waals surface area contributed by atoms with Crippen molar-refractivity contribution < 1.29 is 24.4 Å². The SMILES string of the molecule is O=C1CCN(c2cc([N+](=O)[O-])c3ccn(C(=O)O)c3c2)C(=O)N1. The first-order valence-corrected chi connectivity index (χ1v) is 6.52. The molecule has 118 valence electrons. The molecule has 2 heterocycles. The van der Waals surface area contributed by atoms with Gasteiger partial charge in [0, 0.05) is 25.2 Å². The summed E-state index contributed by atoms with van der Waals surface area (Å²) in [6.45, 7) is 0.0567. The molecule has 1 fully saturated rings. The summed E-state index contributed by atoms with van der Waals surface area (Å²) in [4.78, 5) is 46.0. The number of hydrogen-bond acceptors (Lipinski definition) is 5. The molecule has 10 nitrogen and oxygen atoms in total. The number of non-ortho nitro benzene ring substituents is 1. The van der Waals surface area contributed by atoms with Gasteiger partial charge in [-0.3, -0.25) is 29.7 Å². The fourth-order valence-corrected chi connectivity index (χ4v) is 2.49. The number of carbonyl (C=O) groups is 3. The minimum Gasteiger partial charge on any atom is -0.464 e. The number of anilines is 1. The average Bonchev–Trinajstić information content (AvgIpc) is 2.89. The molecular formula is C13H10N4O6. The molecule has 0 radical (unpaired) electrons. The quantitative estimate of drug-likeness (QED) is 0.636. The molecule has 1 aliphatic heterocycles. The van der Waals surface area contributed by atoms with Gasteiger partial charge in [-0.1, -0.05) is 0 Å². The van der Waals surface area contributed by atoms with Crippen molar-refractivity contribution in [1.82, 2.24) is 9.88 Å². The Bertz CT molecular complexity index is 871. The number of nitrogens with one attached hydrogen (secondary N) is 1. The second-order valence-electron chi connectivity index (χ2n) is 4.88. The number of rotatable bonds is 2. The number of hydrogen-bond donors (Lipinski definition) is 2. The van der Waals surface area contributed by atoms with Crippen LogP contribution in [-0.4, -0.2) is 39.2 Å². The van der Waals surface area contributed by atoms with Crippen molar-refractivity contribution >= 4 is 40.3 Å². The van der Waals surface area contributed by atoms with Crippen molar-refractivity contribution in [2.45, 2.75) is 6.42 Å². The largest absolute Gasteiger partial charge is 0.464 e. The van der Waals surface area contributed by atoms with Gasteiger partial charge in [-0.25, -0.2) is 9.59 Å². The smallest absolute Gasteiger partial charge is 0.416 e. The molecule has 1 aliphatic rings. The summed E-state index contributed by atoms with van der Waals surface area (Å²) in [6, 6.07) is 3.17. The first kappa shape index (κ1) is 14.5. The number of urea groups is 1. The van der Waals surface area contributed by atoms with Crippen LogP contribution in [0.15, 0.2) is 24.4 Å². The number of nitro benzene ring substituents is 1. The van der Waals surface area contributed by atoms with Crippen LogP contribution in [0.25, 0.3) is 10.9 Å². The molecule has 0 unspecified atom stereocenters. The standard InChI is InChI=1S/C13H10N4O6/c18-11-2-4-15(12(19)14-11)7-5-9-8(10(6-7)17(22)23)1-3-16(9)13(20)21/h1,3,5-6H,2,4H2,(H,20,21)(H,14,18,19). The lowest BCUT2D eigenvalue weighted by Crippen LogP contribution is -2.49. The van der Waals surface area contributed by atoms with E-state index in [1.54, 1.807) is 0 Å². The van der Waals surface area contributed by atoms with E-state index in [1.165, 1.54) is 24.4 Å². The Balaban J connectivity index is 2.19. The summed E-state index contributed by atoms with van der Waals surface area (Å²) < 4.78 is 0.832. The highest BCUT2D eigenvalue weighted by molar-refractivity contribution is 6.07. The highest BCUT2D eigenvalue weighted by Crippen LogP contribution is 2.33. The predicted octanol–water partition coefficient (Wildman–Crippen LogP) is 1.52. The van der Waals surface area contributed by atoms with Crippen LogP contribution in [0, 0.1) is 10.1 Å². The minimum atomic E-state index is -1.30. The summed E-state index contributed by atoms with van der Waals surface area (Å²) in [7, 11) is 0. The van der Waals surface area contributed by atoms with Gasteiger partial charge in [0.1, 0.15) is 0 Å². The average molecular weight is 318 g/mol. The fourth-order valence-electron chi connectivity index (χ4n) is 2.49. The minimum absolute atomic E-state index is 0.0531. The van der Waals surface area contributed by atoms with Gasteiger partial charge in [0.2, 0.25) is 5.91 Å². The number of carbonyl (C=O) groups excluding carboxylic acids is 2. The van der Waals surface area contributed by atoms with Crippen LogP contribution in [0.1, 0.15) is 6.42 Å². The molecule has 2 N–H and O–H groups in total. The van der Waals surface area contributed by atoms with Gasteiger partial charge < -0.3 is 5.11 Å². The molecule has 1 aromatic heterocycles. The zero-order valence-corrected chi connectivity index (χ0v) is 11.6. The Labute approximate surface area is 128 Å². The number of imide groups is 1. The van der Waals surface area contributed by atoms with Crippen LogP contribution in [0.5, 0.6) is 0 Å². The lowest BCUT2D eigenvalue weighted by molar-refractivity contribution is -0.383. The topological polar surface area (TPSA) is 135 Å². The van der Waals surface area contributed by atoms with E-state index in [1.807, 2.05) is 0 Å². The van der Waals surface area contributed by atoms with E-state index in [2.05, 4.69) is 5.32 Å². The third-order valence-corrected chi connectivity index (χ3v) is 3.54. The van der Waals surface area contributed by atoms with E-state index in [0.717, 1.165) is 9.47 Å². The molecule has 3 amide bonds. The normalized spacial score (nSPS) is 14.9. The Morgan fingerprint density at radius 2 is 2.09 bits per heavy atom. The summed E-state index contributed by atoms with van der Waals surface area (Å²) in [5, 5.41) is 22.6. The Morgan fingerprint density at radius 1 is 1.35 bits per heavy atom. The number of aromatic nitrogens is 1. The Morgan fingerprint density at radius 3 is 2.70 bits per heavy atom. The van der Waals surface area contributed by atoms with E-state index in [4.69, 9.17) is 5.11 Å². The maximum absolute atomic E-state index is 11.9. The van der Waals surface area contributed by atoms with Gasteiger partial charge >= 0.3 is 12.1 Å². The number of nitrogens with zero attached hydrogens (tertiary/aromatic N) is 3. The van der Waals surface area contributed by atoms with E-state index < -0.39 is 23.0 Å². The lowest BCUT2D eigenvalue weighted by atomic mass is 10.1. The highest BCUT2D eigenvalue weighted by atomic mass is 16.6. The van der Waals surface area contributed by atoms with Crippen molar-refractivity contribution in [3.63, 3.8) is 0 Å². The van der Waals surface area contributed by atoms with Crippen molar-refractivity contribution in [2.75, 3.05) is 11.4 Å². The van der Waals surface area contributed by atoms with Crippen molar-refractivity contribution in [1.29, 1.82) is 0 Å². The van der Waals surface area contributed by atoms with Crippen LogP contribution in [0.2, 0.25) is 0 Å². The maximum Gasteiger partial charge on any atom is 0.416 e. The molecule has 10 heteroatoms. The van der Waals surface area contributed by atoms with Crippen LogP contribution in [0.4, 0.5) is 21.0 Å². The van der Waals surface area contributed by atoms with E-state index in [-0.39, 0.29) is 35.2 Å². The van der Waals surface area contributed by atoms with E-state index >= 15 is 0 Å². The Hall–Kier alpha value is -3.43. The number of carboxylic acid groups (broad SMARTS) is 1. The van der Waals surface area contributed by atoms with Crippen molar-refractivity contribution in [2.24, 2.45) is 0 Å². The van der Waals surface area contributed by atoms with Gasteiger partial charge in [0.05, 0.1) is 21.5 Å². The van der Waals surface area contributed by atoms with Gasteiger partial charge in [0.25, 0.3) is 5.69 Å². The zero-order valence-electron chi connectivity index (χ0n) is 11.6. The van der Waals surface area contributed by atoms with Crippen LogP contribution in [-0.2, 0) is 4.79 Å². The first-order chi connectivity index (χ1) is 10.9. The molecule has 3 rings (SSSR count). The monoisotopic (exact) mass is 318 g/mol. The molecule has 0 aliphatic carbocycles. The molecule has 1 saturated heterocycles. The van der Waals surface area contributed by atoms with Gasteiger partial charge in [-0.05, 0) is 12.1 Å². The lowest BCUT2D eigenvalue weighted by Gasteiger charge is -2.26. The second-order valence-corrected chi connectivity index (χ2v) is 4.88. The van der Waals surface area contributed by atoms with Gasteiger partial charge in [-0.2, -0.15) is 0 Å². The van der Waals surface area contributed by atoms with Crippen molar-refractivity contribution in [3.8, 4) is 0 Å². The zero-order chi connectivity index (χ0) is 16.7. The van der Waals surface area contributed by atoms with E-state index in [9.17, 15) is 24.5 Å². The number of amides is 3. The molecule has 0 bridgehead atoms. The molecule has 0 spiro atoms. The third-order valence-electron chi connectivity index (χ3n) is 3.54. The predicted molar refractivity (Wildman–Crippen MR) is 77.5 cm³/mol. The summed E-state index contributed by atoms with van der Waals surface area (Å²) >= 11 is 0. The highest BCUT2D eigenvalue weighted by Gasteiger charge is 2.27. The van der Waals surface area contributed by atoms with Crippen LogP contribution in [0.3, 0.4) is 0 Å². The molecule has 2 aromatic rings. The van der Waals surface area contributed by atoms with E-state index in [0.29, 0.717) is 0 Å². The number of nitro groups is 1. The van der Waals surface area contributed by atoms with Crippen molar-refractivity contribution in [3.05, 3.63) is 34.5 Å². The Kier molecular flexibility index (Phi) is 3.21. The number of fused-ring (bicyclic) bond motifs is 1. The molecule has 0 atom stereocenters. The second kappa shape index (κ2) is 5.09. The molecule has 0 saturated carbocycles. The molecular weight excluding hydrogens is 308 g/mol. The number of benzene rings is 1. The third kappa shape index (κ3) is 2.35. The summed E-state index contributed by atoms with van der Waals surface area (Å²) in [5.41, 5.74) is -0.0796. The van der Waals surface area contributed by atoms with Gasteiger partial charge in [-0.15, -0.1) is 0 Å². The molecule has 1 aromatic carbocycles. The first-order valence-electron chi connectivity index (χ1n) is 6.52. The summed E-state index contributed by atoms with van der Waals surface area (Å²) in [6.07, 6.45) is -0.0501. The fraction of sp³-hybridized carbons (Fsp3) is 0.154. The van der Waals surface area contributed by atoms with Gasteiger partial charge in [0.15, 0.2) is 0 Å². The molecule has 23 heavy (non-hydrogen) atoms.